The van der Waals surface area contributed by atoms with E-state index in [1.807, 2.05) is 54.6 Å². The van der Waals surface area contributed by atoms with Gasteiger partial charge in [-0.2, -0.15) is 0 Å². The van der Waals surface area contributed by atoms with E-state index in [-0.39, 0.29) is 5.91 Å². The molecule has 6 nitrogen and oxygen atoms in total. The molecule has 0 saturated heterocycles. The van der Waals surface area contributed by atoms with Crippen LogP contribution in [0.15, 0.2) is 66.9 Å². The molecule has 0 fully saturated rings. The Balaban J connectivity index is 1.54. The summed E-state index contributed by atoms with van der Waals surface area (Å²) in [6.07, 6.45) is 2.35. The van der Waals surface area contributed by atoms with E-state index in [1.165, 1.54) is 0 Å². The van der Waals surface area contributed by atoms with Gasteiger partial charge in [-0.25, -0.2) is 4.98 Å². The molecule has 28 heavy (non-hydrogen) atoms. The van der Waals surface area contributed by atoms with Gasteiger partial charge in [0.25, 0.3) is 5.91 Å². The average molecular weight is 377 g/mol. The molecule has 0 aliphatic carbocycles. The number of hydrogen-bond acceptors (Lipinski definition) is 5. The summed E-state index contributed by atoms with van der Waals surface area (Å²) in [5.74, 6) is 1.34. The van der Waals surface area contributed by atoms with Crippen molar-refractivity contribution in [2.75, 3.05) is 26.1 Å². The first-order valence-corrected chi connectivity index (χ1v) is 8.97. The lowest BCUT2D eigenvalue weighted by atomic mass is 10.1. The summed E-state index contributed by atoms with van der Waals surface area (Å²) in [5.41, 5.74) is 3.08. The number of ether oxygens (including phenoxy) is 2. The van der Waals surface area contributed by atoms with Gasteiger partial charge in [-0.15, -0.1) is 0 Å². The number of methoxy groups -OCH3 is 2. The van der Waals surface area contributed by atoms with E-state index in [4.69, 9.17) is 9.47 Å². The monoisotopic (exact) mass is 377 g/mol. The van der Waals surface area contributed by atoms with Crippen molar-refractivity contribution in [2.45, 2.75) is 6.42 Å². The molecule has 0 aliphatic rings. The lowest BCUT2D eigenvalue weighted by Gasteiger charge is -2.11. The van der Waals surface area contributed by atoms with Gasteiger partial charge in [-0.05, 0) is 48.4 Å². The number of pyridine rings is 1. The quantitative estimate of drug-likeness (QED) is 0.624. The van der Waals surface area contributed by atoms with Gasteiger partial charge in [0.1, 0.15) is 17.2 Å². The number of aromatic nitrogens is 1. The van der Waals surface area contributed by atoms with E-state index in [2.05, 4.69) is 15.6 Å². The Bertz CT molecular complexity index is 926. The minimum absolute atomic E-state index is 0.202. The second kappa shape index (κ2) is 9.41. The molecule has 1 amide bonds. The second-order valence-electron chi connectivity index (χ2n) is 6.11. The predicted molar refractivity (Wildman–Crippen MR) is 110 cm³/mol. The number of carbonyl (C=O) groups excluding carboxylic acids is 1. The van der Waals surface area contributed by atoms with Crippen LogP contribution in [0, 0.1) is 0 Å². The molecule has 0 saturated carbocycles. The summed E-state index contributed by atoms with van der Waals surface area (Å²) in [6, 6.07) is 18.9. The number of benzene rings is 2. The lowest BCUT2D eigenvalue weighted by molar-refractivity contribution is 0.0949. The second-order valence-corrected chi connectivity index (χ2v) is 6.11. The molecule has 0 atom stereocenters. The van der Waals surface area contributed by atoms with Gasteiger partial charge in [0.2, 0.25) is 0 Å². The molecule has 0 spiro atoms. The van der Waals surface area contributed by atoms with E-state index >= 15 is 0 Å². The van der Waals surface area contributed by atoms with Crippen molar-refractivity contribution >= 4 is 17.3 Å². The van der Waals surface area contributed by atoms with Crippen molar-refractivity contribution in [3.8, 4) is 11.5 Å². The van der Waals surface area contributed by atoms with Crippen molar-refractivity contribution < 1.29 is 14.3 Å². The first-order valence-electron chi connectivity index (χ1n) is 8.97. The van der Waals surface area contributed by atoms with Gasteiger partial charge < -0.3 is 20.1 Å². The van der Waals surface area contributed by atoms with Crippen LogP contribution in [0.3, 0.4) is 0 Å². The van der Waals surface area contributed by atoms with Crippen LogP contribution in [0.2, 0.25) is 0 Å². The molecule has 2 N–H and O–H groups in total. The minimum atomic E-state index is -0.202. The Morgan fingerprint density at radius 3 is 2.61 bits per heavy atom. The largest absolute Gasteiger partial charge is 0.497 e. The van der Waals surface area contributed by atoms with E-state index in [1.54, 1.807) is 26.5 Å². The highest BCUT2D eigenvalue weighted by molar-refractivity contribution is 5.92. The average Bonchev–Trinajstić information content (AvgIpc) is 2.74. The highest BCUT2D eigenvalue weighted by Crippen LogP contribution is 2.26. The molecular weight excluding hydrogens is 354 g/mol. The molecule has 2 aromatic carbocycles. The Morgan fingerprint density at radius 1 is 1.00 bits per heavy atom. The first kappa shape index (κ1) is 19.2. The fourth-order valence-electron chi connectivity index (χ4n) is 2.74. The first-order chi connectivity index (χ1) is 13.7. The summed E-state index contributed by atoms with van der Waals surface area (Å²) >= 11 is 0. The number of hydrogen-bond donors (Lipinski definition) is 2. The van der Waals surface area contributed by atoms with Gasteiger partial charge in [0, 0.05) is 6.54 Å². The van der Waals surface area contributed by atoms with Crippen molar-refractivity contribution in [3.63, 3.8) is 0 Å². The molecule has 1 aromatic heterocycles. The van der Waals surface area contributed by atoms with Crippen LogP contribution in [-0.4, -0.2) is 31.7 Å². The Labute approximate surface area is 164 Å². The van der Waals surface area contributed by atoms with E-state index in [0.717, 1.165) is 34.9 Å². The van der Waals surface area contributed by atoms with E-state index < -0.39 is 0 Å². The van der Waals surface area contributed by atoms with E-state index in [0.29, 0.717) is 12.2 Å². The maximum atomic E-state index is 12.3. The summed E-state index contributed by atoms with van der Waals surface area (Å²) in [7, 11) is 3.26. The molecule has 0 unspecified atom stereocenters. The summed E-state index contributed by atoms with van der Waals surface area (Å²) in [5, 5.41) is 6.12. The van der Waals surface area contributed by atoms with Gasteiger partial charge >= 0.3 is 0 Å². The molecule has 6 heteroatoms. The standard InChI is InChI=1S/C22H23N3O3/c1-27-18-7-5-6-16(14-18)12-13-23-22(26)20-11-10-17(15-24-20)25-19-8-3-4-9-21(19)28-2/h3-11,14-15,25H,12-13H2,1-2H3,(H,23,26). The van der Waals surface area contributed by atoms with Gasteiger partial charge in [0.15, 0.2) is 0 Å². The number of carbonyl (C=O) groups is 1. The van der Waals surface area contributed by atoms with Crippen LogP contribution in [0.4, 0.5) is 11.4 Å². The normalized spacial score (nSPS) is 10.2. The van der Waals surface area contributed by atoms with Crippen LogP contribution in [0.25, 0.3) is 0 Å². The third-order valence-electron chi connectivity index (χ3n) is 4.22. The number of amides is 1. The molecular formula is C22H23N3O3. The van der Waals surface area contributed by atoms with Crippen LogP contribution in [0.1, 0.15) is 16.1 Å². The Morgan fingerprint density at radius 2 is 1.86 bits per heavy atom. The molecule has 3 rings (SSSR count). The fourth-order valence-corrected chi connectivity index (χ4v) is 2.74. The third kappa shape index (κ3) is 5.01. The van der Waals surface area contributed by atoms with Crippen molar-refractivity contribution in [2.24, 2.45) is 0 Å². The Kier molecular flexibility index (Phi) is 6.46. The highest BCUT2D eigenvalue weighted by Gasteiger charge is 2.08. The van der Waals surface area contributed by atoms with Gasteiger partial charge in [-0.1, -0.05) is 24.3 Å². The SMILES string of the molecule is COc1cccc(CCNC(=O)c2ccc(Nc3ccccc3OC)cn2)c1. The van der Waals surface area contributed by atoms with Crippen molar-refractivity contribution in [1.29, 1.82) is 0 Å². The smallest absolute Gasteiger partial charge is 0.269 e. The Hall–Kier alpha value is -3.54. The lowest BCUT2D eigenvalue weighted by Crippen LogP contribution is -2.26. The van der Waals surface area contributed by atoms with E-state index in [9.17, 15) is 4.79 Å². The maximum Gasteiger partial charge on any atom is 0.269 e. The number of nitrogens with one attached hydrogen (secondary N) is 2. The van der Waals surface area contributed by atoms with Crippen LogP contribution >= 0.6 is 0 Å². The van der Waals surface area contributed by atoms with Crippen molar-refractivity contribution in [1.82, 2.24) is 10.3 Å². The molecule has 1 heterocycles. The predicted octanol–water partition coefficient (Wildman–Crippen LogP) is 3.81. The molecule has 3 aromatic rings. The van der Waals surface area contributed by atoms with Crippen LogP contribution < -0.4 is 20.1 Å². The zero-order valence-corrected chi connectivity index (χ0v) is 15.9. The number of rotatable bonds is 8. The third-order valence-corrected chi connectivity index (χ3v) is 4.22. The van der Waals surface area contributed by atoms with Crippen LogP contribution in [-0.2, 0) is 6.42 Å². The van der Waals surface area contributed by atoms with Gasteiger partial charge in [-0.3, -0.25) is 4.79 Å². The molecule has 0 radical (unpaired) electrons. The summed E-state index contributed by atoms with van der Waals surface area (Å²) < 4.78 is 10.5. The van der Waals surface area contributed by atoms with Crippen molar-refractivity contribution in [3.05, 3.63) is 78.1 Å². The topological polar surface area (TPSA) is 72.5 Å². The number of para-hydroxylation sites is 2. The molecule has 0 aliphatic heterocycles. The maximum absolute atomic E-state index is 12.3. The zero-order chi connectivity index (χ0) is 19.8. The summed E-state index contributed by atoms with van der Waals surface area (Å²) in [6.45, 7) is 0.523. The van der Waals surface area contributed by atoms with Crippen LogP contribution in [0.5, 0.6) is 11.5 Å². The number of anilines is 2. The fraction of sp³-hybridized carbons (Fsp3) is 0.182. The summed E-state index contributed by atoms with van der Waals surface area (Å²) in [4.78, 5) is 16.5. The highest BCUT2D eigenvalue weighted by atomic mass is 16.5. The molecule has 0 bridgehead atoms. The zero-order valence-electron chi connectivity index (χ0n) is 15.9. The minimum Gasteiger partial charge on any atom is -0.497 e. The number of nitrogens with zero attached hydrogens (tertiary/aromatic N) is 1. The molecule has 144 valence electrons. The van der Waals surface area contributed by atoms with Gasteiger partial charge in [0.05, 0.1) is 31.8 Å².